The number of Topliss-reactive ketones (excluding diaryl/α,β-unsaturated/α-hetero) is 1. The van der Waals surface area contributed by atoms with Crippen LogP contribution in [-0.2, 0) is 0 Å². The van der Waals surface area contributed by atoms with Gasteiger partial charge in [0.15, 0.2) is 5.78 Å². The molecule has 3 heteroatoms. The maximum absolute atomic E-state index is 11.8. The first kappa shape index (κ1) is 13.4. The predicted octanol–water partition coefficient (Wildman–Crippen LogP) is 3.48. The van der Waals surface area contributed by atoms with Crippen LogP contribution in [-0.4, -0.2) is 12.3 Å². The number of hydrogen-bond donors (Lipinski definition) is 1. The molecule has 0 radical (unpaired) electrons. The molecule has 1 aromatic heterocycles. The van der Waals surface area contributed by atoms with Crippen LogP contribution in [0.25, 0.3) is 0 Å². The second-order valence-electron chi connectivity index (χ2n) is 4.17. The number of ketones is 1. The number of rotatable bonds is 8. The number of carbonyl (C=O) groups excluding carboxylic acids is 1. The highest BCUT2D eigenvalue weighted by atomic mass is 32.1. The van der Waals surface area contributed by atoms with E-state index >= 15 is 0 Å². The molecule has 2 nitrogen and oxygen atoms in total. The molecular weight excluding hydrogens is 218 g/mol. The molecule has 0 saturated heterocycles. The van der Waals surface area contributed by atoms with Crippen molar-refractivity contribution < 1.29 is 4.79 Å². The SMILES string of the molecule is CCCC(CCN)CCC(=O)c1cccs1. The van der Waals surface area contributed by atoms with Crippen molar-refractivity contribution in [1.82, 2.24) is 0 Å². The van der Waals surface area contributed by atoms with E-state index < -0.39 is 0 Å². The number of nitrogens with two attached hydrogens (primary N) is 1. The second kappa shape index (κ2) is 7.58. The Bertz CT molecular complexity index is 289. The number of hydrogen-bond acceptors (Lipinski definition) is 3. The molecule has 1 rings (SSSR count). The van der Waals surface area contributed by atoms with Gasteiger partial charge in [-0.25, -0.2) is 0 Å². The predicted molar refractivity (Wildman–Crippen MR) is 70.0 cm³/mol. The van der Waals surface area contributed by atoms with E-state index in [1.165, 1.54) is 24.2 Å². The van der Waals surface area contributed by atoms with Gasteiger partial charge in [-0.3, -0.25) is 4.79 Å². The van der Waals surface area contributed by atoms with E-state index in [4.69, 9.17) is 5.73 Å². The molecule has 0 saturated carbocycles. The summed E-state index contributed by atoms with van der Waals surface area (Å²) in [6.07, 6.45) is 5.07. The maximum atomic E-state index is 11.8. The van der Waals surface area contributed by atoms with Gasteiger partial charge in [0.1, 0.15) is 0 Å². The molecule has 90 valence electrons. The van der Waals surface area contributed by atoms with Crippen LogP contribution < -0.4 is 5.73 Å². The van der Waals surface area contributed by atoms with Gasteiger partial charge in [0.25, 0.3) is 0 Å². The highest BCUT2D eigenvalue weighted by Crippen LogP contribution is 2.20. The summed E-state index contributed by atoms with van der Waals surface area (Å²) in [4.78, 5) is 12.7. The van der Waals surface area contributed by atoms with Crippen molar-refractivity contribution in [2.45, 2.75) is 39.0 Å². The minimum atomic E-state index is 0.285. The molecule has 1 unspecified atom stereocenters. The van der Waals surface area contributed by atoms with Crippen LogP contribution in [0.1, 0.15) is 48.7 Å². The normalized spacial score (nSPS) is 12.6. The van der Waals surface area contributed by atoms with Crippen molar-refractivity contribution in [3.05, 3.63) is 22.4 Å². The minimum absolute atomic E-state index is 0.285. The van der Waals surface area contributed by atoms with E-state index in [0.29, 0.717) is 12.3 Å². The fourth-order valence-corrected chi connectivity index (χ4v) is 2.67. The fraction of sp³-hybridized carbons (Fsp3) is 0.615. The topological polar surface area (TPSA) is 43.1 Å². The van der Waals surface area contributed by atoms with Crippen molar-refractivity contribution >= 4 is 17.1 Å². The van der Waals surface area contributed by atoms with E-state index in [-0.39, 0.29) is 5.78 Å². The third kappa shape index (κ3) is 4.45. The Morgan fingerprint density at radius 2 is 2.25 bits per heavy atom. The lowest BCUT2D eigenvalue weighted by molar-refractivity contribution is 0.0976. The summed E-state index contributed by atoms with van der Waals surface area (Å²) in [6, 6.07) is 3.84. The van der Waals surface area contributed by atoms with E-state index in [9.17, 15) is 4.79 Å². The molecule has 0 aliphatic rings. The third-order valence-corrected chi connectivity index (χ3v) is 3.76. The first-order chi connectivity index (χ1) is 7.77. The van der Waals surface area contributed by atoms with E-state index in [1.807, 2.05) is 17.5 Å². The molecule has 0 aliphatic heterocycles. The zero-order chi connectivity index (χ0) is 11.8. The Balaban J connectivity index is 2.34. The molecule has 0 fully saturated rings. The molecule has 1 heterocycles. The van der Waals surface area contributed by atoms with Crippen molar-refractivity contribution in [3.8, 4) is 0 Å². The molecule has 0 spiro atoms. The quantitative estimate of drug-likeness (QED) is 0.706. The van der Waals surface area contributed by atoms with Crippen LogP contribution in [0, 0.1) is 5.92 Å². The number of carbonyl (C=O) groups is 1. The van der Waals surface area contributed by atoms with Gasteiger partial charge >= 0.3 is 0 Å². The fourth-order valence-electron chi connectivity index (χ4n) is 1.97. The van der Waals surface area contributed by atoms with Gasteiger partial charge in [-0.05, 0) is 36.8 Å². The average Bonchev–Trinajstić information content (AvgIpc) is 2.79. The zero-order valence-corrected chi connectivity index (χ0v) is 10.8. The Morgan fingerprint density at radius 1 is 1.44 bits per heavy atom. The van der Waals surface area contributed by atoms with Crippen LogP contribution in [0.15, 0.2) is 17.5 Å². The molecule has 0 amide bonds. The first-order valence-electron chi connectivity index (χ1n) is 6.04. The lowest BCUT2D eigenvalue weighted by atomic mass is 9.93. The maximum Gasteiger partial charge on any atom is 0.172 e. The molecule has 0 bridgehead atoms. The van der Waals surface area contributed by atoms with Crippen molar-refractivity contribution in [2.75, 3.05) is 6.54 Å². The molecule has 2 N–H and O–H groups in total. The summed E-state index contributed by atoms with van der Waals surface area (Å²) in [5.74, 6) is 0.909. The van der Waals surface area contributed by atoms with E-state index in [1.54, 1.807) is 0 Å². The third-order valence-electron chi connectivity index (χ3n) is 2.85. The standard InChI is InChI=1S/C13H21NOS/c1-2-4-11(8-9-14)6-7-12(15)13-5-3-10-16-13/h3,5,10-11H,2,4,6-9,14H2,1H3. The number of thiophene rings is 1. The van der Waals surface area contributed by atoms with Gasteiger partial charge in [0, 0.05) is 6.42 Å². The summed E-state index contributed by atoms with van der Waals surface area (Å²) in [5, 5.41) is 1.96. The monoisotopic (exact) mass is 239 g/mol. The highest BCUT2D eigenvalue weighted by molar-refractivity contribution is 7.12. The van der Waals surface area contributed by atoms with Crippen molar-refractivity contribution in [1.29, 1.82) is 0 Å². The summed E-state index contributed by atoms with van der Waals surface area (Å²) < 4.78 is 0. The minimum Gasteiger partial charge on any atom is -0.330 e. The summed E-state index contributed by atoms with van der Waals surface area (Å²) in [5.41, 5.74) is 5.58. The Hall–Kier alpha value is -0.670. The molecule has 1 atom stereocenters. The van der Waals surface area contributed by atoms with Gasteiger partial charge in [0.2, 0.25) is 0 Å². The highest BCUT2D eigenvalue weighted by Gasteiger charge is 2.11. The summed E-state index contributed by atoms with van der Waals surface area (Å²) in [7, 11) is 0. The van der Waals surface area contributed by atoms with Crippen molar-refractivity contribution in [3.63, 3.8) is 0 Å². The Labute approximate surface area is 102 Å². The van der Waals surface area contributed by atoms with E-state index in [2.05, 4.69) is 6.92 Å². The van der Waals surface area contributed by atoms with Crippen LogP contribution >= 0.6 is 11.3 Å². The largest absolute Gasteiger partial charge is 0.330 e. The van der Waals surface area contributed by atoms with Gasteiger partial charge in [-0.1, -0.05) is 25.8 Å². The van der Waals surface area contributed by atoms with Gasteiger partial charge in [-0.2, -0.15) is 0 Å². The lowest BCUT2D eigenvalue weighted by Crippen LogP contribution is -2.10. The lowest BCUT2D eigenvalue weighted by Gasteiger charge is -2.13. The molecule has 0 aromatic carbocycles. The van der Waals surface area contributed by atoms with Gasteiger partial charge < -0.3 is 5.73 Å². The van der Waals surface area contributed by atoms with Crippen molar-refractivity contribution in [2.24, 2.45) is 11.7 Å². The first-order valence-corrected chi connectivity index (χ1v) is 6.92. The smallest absolute Gasteiger partial charge is 0.172 e. The van der Waals surface area contributed by atoms with Gasteiger partial charge in [0.05, 0.1) is 4.88 Å². The Morgan fingerprint density at radius 3 is 2.81 bits per heavy atom. The van der Waals surface area contributed by atoms with E-state index in [0.717, 1.165) is 24.3 Å². The zero-order valence-electron chi connectivity index (χ0n) is 9.95. The summed E-state index contributed by atoms with van der Waals surface area (Å²) in [6.45, 7) is 2.92. The molecular formula is C13H21NOS. The van der Waals surface area contributed by atoms with Crippen LogP contribution in [0.3, 0.4) is 0 Å². The Kier molecular flexibility index (Phi) is 6.34. The average molecular weight is 239 g/mol. The second-order valence-corrected chi connectivity index (χ2v) is 5.12. The van der Waals surface area contributed by atoms with Crippen LogP contribution in [0.5, 0.6) is 0 Å². The van der Waals surface area contributed by atoms with Crippen LogP contribution in [0.4, 0.5) is 0 Å². The molecule has 1 aromatic rings. The van der Waals surface area contributed by atoms with Crippen LogP contribution in [0.2, 0.25) is 0 Å². The van der Waals surface area contributed by atoms with Gasteiger partial charge in [-0.15, -0.1) is 11.3 Å². The molecule has 0 aliphatic carbocycles. The summed E-state index contributed by atoms with van der Waals surface area (Å²) >= 11 is 1.54. The molecule has 16 heavy (non-hydrogen) atoms.